The average molecular weight is 393 g/mol. The molecule has 1 aromatic carbocycles. The van der Waals surface area contributed by atoms with Gasteiger partial charge in [0.15, 0.2) is 5.13 Å². The first kappa shape index (κ1) is 17.0. The lowest BCUT2D eigenvalue weighted by atomic mass is 10.2. The number of anilines is 1. The highest BCUT2D eigenvalue weighted by atomic mass is 35.5. The van der Waals surface area contributed by atoms with Gasteiger partial charge in [0.25, 0.3) is 5.91 Å². The van der Waals surface area contributed by atoms with Crippen LogP contribution < -0.4 is 4.90 Å². The summed E-state index contributed by atoms with van der Waals surface area (Å²) < 4.78 is 6.75. The summed E-state index contributed by atoms with van der Waals surface area (Å²) in [6.07, 6.45) is 2.09. The average Bonchev–Trinajstić information content (AvgIpc) is 3.32. The summed E-state index contributed by atoms with van der Waals surface area (Å²) in [5.74, 6) is -0.0201. The fourth-order valence-corrected chi connectivity index (χ4v) is 5.13. The quantitative estimate of drug-likeness (QED) is 0.616. The first-order valence-electron chi connectivity index (χ1n) is 8.15. The zero-order valence-electron chi connectivity index (χ0n) is 13.7. The maximum atomic E-state index is 13.0. The van der Waals surface area contributed by atoms with E-state index in [4.69, 9.17) is 21.3 Å². The van der Waals surface area contributed by atoms with Crippen LogP contribution in [0.5, 0.6) is 0 Å². The Morgan fingerprint density at radius 1 is 1.48 bits per heavy atom. The van der Waals surface area contributed by atoms with Crippen LogP contribution >= 0.6 is 34.3 Å². The van der Waals surface area contributed by atoms with E-state index in [1.165, 1.54) is 22.7 Å². The number of ether oxygens (including phenoxy) is 1. The molecule has 4 rings (SSSR count). The topological polar surface area (TPSA) is 42.4 Å². The molecule has 3 heterocycles. The van der Waals surface area contributed by atoms with Crippen molar-refractivity contribution in [2.75, 3.05) is 18.1 Å². The van der Waals surface area contributed by atoms with Crippen LogP contribution in [0.15, 0.2) is 29.6 Å². The van der Waals surface area contributed by atoms with Gasteiger partial charge >= 0.3 is 0 Å². The number of rotatable bonds is 4. The monoisotopic (exact) mass is 392 g/mol. The number of carbonyl (C=O) groups is 1. The normalized spacial score (nSPS) is 17.3. The summed E-state index contributed by atoms with van der Waals surface area (Å²) in [5, 5.41) is 3.31. The molecule has 1 amide bonds. The number of nitrogens with zero attached hydrogens (tertiary/aromatic N) is 2. The third kappa shape index (κ3) is 3.44. The van der Waals surface area contributed by atoms with Crippen LogP contribution in [0.4, 0.5) is 5.13 Å². The Bertz CT molecular complexity index is 901. The first-order valence-corrected chi connectivity index (χ1v) is 10.2. The third-order valence-corrected chi connectivity index (χ3v) is 6.36. The minimum Gasteiger partial charge on any atom is -0.376 e. The van der Waals surface area contributed by atoms with Gasteiger partial charge in [-0.15, -0.1) is 11.3 Å². The predicted octanol–water partition coefficient (Wildman–Crippen LogP) is 5.15. The molecule has 2 aromatic heterocycles. The molecular weight excluding hydrogens is 376 g/mol. The van der Waals surface area contributed by atoms with Gasteiger partial charge in [-0.05, 0) is 48.9 Å². The number of hydrogen-bond donors (Lipinski definition) is 0. The van der Waals surface area contributed by atoms with E-state index in [-0.39, 0.29) is 12.0 Å². The molecule has 1 saturated heterocycles. The molecule has 0 spiro atoms. The van der Waals surface area contributed by atoms with Gasteiger partial charge in [-0.25, -0.2) is 4.98 Å². The first-order chi connectivity index (χ1) is 12.1. The molecule has 1 fully saturated rings. The van der Waals surface area contributed by atoms with Crippen LogP contribution in [0.1, 0.15) is 28.1 Å². The predicted molar refractivity (Wildman–Crippen MR) is 104 cm³/mol. The second-order valence-electron chi connectivity index (χ2n) is 6.09. The standard InChI is InChI=1S/C18H17ClN2O2S2/c1-11-8-12(19)9-15-16(11)20-18(25-15)21(10-13-4-2-6-23-13)17(22)14-5-3-7-24-14/h3,5,7-9,13H,2,4,6,10H2,1H3. The third-order valence-electron chi connectivity index (χ3n) is 4.26. The molecule has 3 aromatic rings. The number of carbonyl (C=O) groups excluding carboxylic acids is 1. The zero-order chi connectivity index (χ0) is 17.4. The molecule has 25 heavy (non-hydrogen) atoms. The van der Waals surface area contributed by atoms with E-state index < -0.39 is 0 Å². The summed E-state index contributed by atoms with van der Waals surface area (Å²) in [7, 11) is 0. The van der Waals surface area contributed by atoms with E-state index in [0.29, 0.717) is 21.6 Å². The van der Waals surface area contributed by atoms with Crippen molar-refractivity contribution >= 4 is 55.5 Å². The van der Waals surface area contributed by atoms with Crippen molar-refractivity contribution in [3.05, 3.63) is 45.1 Å². The lowest BCUT2D eigenvalue weighted by Crippen LogP contribution is -2.37. The fraction of sp³-hybridized carbons (Fsp3) is 0.333. The molecule has 0 aliphatic carbocycles. The van der Waals surface area contributed by atoms with E-state index in [1.807, 2.05) is 36.6 Å². The van der Waals surface area contributed by atoms with Gasteiger partial charge in [-0.1, -0.05) is 29.0 Å². The zero-order valence-corrected chi connectivity index (χ0v) is 16.1. The van der Waals surface area contributed by atoms with E-state index in [0.717, 1.165) is 35.2 Å². The van der Waals surface area contributed by atoms with Crippen LogP contribution in [-0.2, 0) is 4.74 Å². The Balaban J connectivity index is 1.74. The smallest absolute Gasteiger partial charge is 0.270 e. The molecule has 7 heteroatoms. The molecule has 1 aliphatic heterocycles. The van der Waals surface area contributed by atoms with Crippen molar-refractivity contribution < 1.29 is 9.53 Å². The second kappa shape index (κ2) is 7.03. The maximum absolute atomic E-state index is 13.0. The van der Waals surface area contributed by atoms with E-state index in [9.17, 15) is 4.79 Å². The maximum Gasteiger partial charge on any atom is 0.270 e. The van der Waals surface area contributed by atoms with Crippen LogP contribution in [0, 0.1) is 6.92 Å². The van der Waals surface area contributed by atoms with Gasteiger partial charge in [0.1, 0.15) is 0 Å². The molecule has 1 unspecified atom stereocenters. The molecular formula is C18H17ClN2O2S2. The number of halogens is 1. The Morgan fingerprint density at radius 3 is 3.08 bits per heavy atom. The minimum absolute atomic E-state index is 0.0201. The van der Waals surface area contributed by atoms with Crippen molar-refractivity contribution in [2.45, 2.75) is 25.9 Å². The summed E-state index contributed by atoms with van der Waals surface area (Å²) in [4.78, 5) is 20.3. The highest BCUT2D eigenvalue weighted by molar-refractivity contribution is 7.22. The van der Waals surface area contributed by atoms with Crippen molar-refractivity contribution in [3.63, 3.8) is 0 Å². The number of hydrogen-bond acceptors (Lipinski definition) is 5. The second-order valence-corrected chi connectivity index (χ2v) is 8.49. The molecule has 1 aliphatic rings. The van der Waals surface area contributed by atoms with Gasteiger partial charge in [0.05, 0.1) is 27.7 Å². The lowest BCUT2D eigenvalue weighted by Gasteiger charge is -2.22. The molecule has 1 atom stereocenters. The summed E-state index contributed by atoms with van der Waals surface area (Å²) in [5.41, 5.74) is 1.92. The Kier molecular flexibility index (Phi) is 4.78. The van der Waals surface area contributed by atoms with Crippen LogP contribution in [0.3, 0.4) is 0 Å². The number of fused-ring (bicyclic) bond motifs is 1. The Hall–Kier alpha value is -1.47. The van der Waals surface area contributed by atoms with Crippen molar-refractivity contribution in [3.8, 4) is 0 Å². The van der Waals surface area contributed by atoms with E-state index in [1.54, 1.807) is 4.90 Å². The minimum atomic E-state index is -0.0201. The van der Waals surface area contributed by atoms with Gasteiger partial charge in [-0.2, -0.15) is 0 Å². The van der Waals surface area contributed by atoms with E-state index >= 15 is 0 Å². The van der Waals surface area contributed by atoms with Gasteiger partial charge < -0.3 is 4.74 Å². The summed E-state index contributed by atoms with van der Waals surface area (Å²) in [6, 6.07) is 7.55. The van der Waals surface area contributed by atoms with Crippen molar-refractivity contribution in [1.29, 1.82) is 0 Å². The molecule has 0 N–H and O–H groups in total. The number of thiazole rings is 1. The summed E-state index contributed by atoms with van der Waals surface area (Å²) in [6.45, 7) is 3.28. The fourth-order valence-electron chi connectivity index (χ4n) is 3.03. The van der Waals surface area contributed by atoms with Gasteiger partial charge in [0.2, 0.25) is 0 Å². The Labute approximate surface area is 159 Å². The molecule has 0 bridgehead atoms. The summed E-state index contributed by atoms with van der Waals surface area (Å²) >= 11 is 9.12. The number of thiophene rings is 1. The highest BCUT2D eigenvalue weighted by Gasteiger charge is 2.27. The number of amides is 1. The van der Waals surface area contributed by atoms with Crippen LogP contribution in [-0.4, -0.2) is 30.1 Å². The molecule has 130 valence electrons. The van der Waals surface area contributed by atoms with Crippen molar-refractivity contribution in [1.82, 2.24) is 4.98 Å². The van der Waals surface area contributed by atoms with Crippen molar-refractivity contribution in [2.24, 2.45) is 0 Å². The number of benzene rings is 1. The number of aromatic nitrogens is 1. The van der Waals surface area contributed by atoms with Gasteiger partial charge in [-0.3, -0.25) is 9.69 Å². The SMILES string of the molecule is Cc1cc(Cl)cc2sc(N(CC3CCCO3)C(=O)c3cccs3)nc12. The molecule has 0 saturated carbocycles. The highest BCUT2D eigenvalue weighted by Crippen LogP contribution is 2.34. The molecule has 4 nitrogen and oxygen atoms in total. The van der Waals surface area contributed by atoms with E-state index in [2.05, 4.69) is 0 Å². The lowest BCUT2D eigenvalue weighted by molar-refractivity contribution is 0.0920. The Morgan fingerprint density at radius 2 is 2.36 bits per heavy atom. The van der Waals surface area contributed by atoms with Gasteiger partial charge in [0, 0.05) is 11.6 Å². The van der Waals surface area contributed by atoms with Crippen LogP contribution in [0.2, 0.25) is 5.02 Å². The number of aryl methyl sites for hydroxylation is 1. The van der Waals surface area contributed by atoms with Crippen LogP contribution in [0.25, 0.3) is 10.2 Å². The molecule has 0 radical (unpaired) electrons. The largest absolute Gasteiger partial charge is 0.376 e.